The van der Waals surface area contributed by atoms with E-state index in [4.69, 9.17) is 23.2 Å². The van der Waals surface area contributed by atoms with E-state index in [9.17, 15) is 9.59 Å². The quantitative estimate of drug-likeness (QED) is 0.796. The SMILES string of the molecule is O=C(CN1CCN(C(=O)/C=C/c2ccc(Cl)c(Cl)c2)CC1)NC1CC1. The zero-order valence-corrected chi connectivity index (χ0v) is 15.4. The molecule has 0 aromatic heterocycles. The van der Waals surface area contributed by atoms with Crippen LogP contribution in [0.2, 0.25) is 10.0 Å². The van der Waals surface area contributed by atoms with E-state index in [1.165, 1.54) is 0 Å². The van der Waals surface area contributed by atoms with Crippen LogP contribution in [0.3, 0.4) is 0 Å². The third-order valence-corrected chi connectivity index (χ3v) is 5.09. The molecule has 5 nitrogen and oxygen atoms in total. The van der Waals surface area contributed by atoms with Gasteiger partial charge in [-0.15, -0.1) is 0 Å². The van der Waals surface area contributed by atoms with Gasteiger partial charge in [-0.2, -0.15) is 0 Å². The van der Waals surface area contributed by atoms with Gasteiger partial charge in [-0.1, -0.05) is 29.3 Å². The Morgan fingerprint density at radius 2 is 1.84 bits per heavy atom. The number of benzene rings is 1. The Morgan fingerprint density at radius 3 is 2.48 bits per heavy atom. The number of hydrogen-bond acceptors (Lipinski definition) is 3. The maximum atomic E-state index is 12.3. The largest absolute Gasteiger partial charge is 0.352 e. The summed E-state index contributed by atoms with van der Waals surface area (Å²) in [5.74, 6) is 0.0509. The van der Waals surface area contributed by atoms with Crippen LogP contribution in [0.25, 0.3) is 6.08 Å². The highest BCUT2D eigenvalue weighted by molar-refractivity contribution is 6.42. The van der Waals surface area contributed by atoms with Crippen molar-refractivity contribution < 1.29 is 9.59 Å². The Labute approximate surface area is 157 Å². The van der Waals surface area contributed by atoms with Crippen molar-refractivity contribution in [3.8, 4) is 0 Å². The lowest BCUT2D eigenvalue weighted by Crippen LogP contribution is -2.51. The lowest BCUT2D eigenvalue weighted by Gasteiger charge is -2.33. The van der Waals surface area contributed by atoms with E-state index in [2.05, 4.69) is 10.2 Å². The lowest BCUT2D eigenvalue weighted by molar-refractivity contribution is -0.128. The van der Waals surface area contributed by atoms with E-state index in [-0.39, 0.29) is 11.8 Å². The number of nitrogens with zero attached hydrogens (tertiary/aromatic N) is 2. The summed E-state index contributed by atoms with van der Waals surface area (Å²) in [7, 11) is 0. The molecule has 0 unspecified atom stereocenters. The molecule has 1 saturated carbocycles. The van der Waals surface area contributed by atoms with Crippen molar-refractivity contribution in [1.82, 2.24) is 15.1 Å². The molecule has 3 rings (SSSR count). The van der Waals surface area contributed by atoms with E-state index in [0.29, 0.717) is 48.8 Å². The topological polar surface area (TPSA) is 52.7 Å². The van der Waals surface area contributed by atoms with Crippen LogP contribution < -0.4 is 5.32 Å². The molecule has 1 N–H and O–H groups in total. The van der Waals surface area contributed by atoms with Crippen LogP contribution >= 0.6 is 23.2 Å². The third kappa shape index (κ3) is 5.46. The first-order chi connectivity index (χ1) is 12.0. The molecule has 1 aliphatic heterocycles. The zero-order valence-electron chi connectivity index (χ0n) is 13.9. The van der Waals surface area contributed by atoms with Crippen molar-refractivity contribution in [3.63, 3.8) is 0 Å². The number of hydrogen-bond donors (Lipinski definition) is 1. The number of halogens is 2. The second-order valence-electron chi connectivity index (χ2n) is 6.45. The lowest BCUT2D eigenvalue weighted by atomic mass is 10.2. The molecular weight excluding hydrogens is 361 g/mol. The first kappa shape index (κ1) is 18.2. The van der Waals surface area contributed by atoms with Gasteiger partial charge in [-0.3, -0.25) is 14.5 Å². The Balaban J connectivity index is 1.45. The van der Waals surface area contributed by atoms with Gasteiger partial charge >= 0.3 is 0 Å². The highest BCUT2D eigenvalue weighted by atomic mass is 35.5. The van der Waals surface area contributed by atoms with Crippen molar-refractivity contribution in [3.05, 3.63) is 39.9 Å². The average Bonchev–Trinajstić information content (AvgIpc) is 3.40. The second kappa shape index (κ2) is 8.21. The van der Waals surface area contributed by atoms with Gasteiger partial charge < -0.3 is 10.2 Å². The van der Waals surface area contributed by atoms with Crippen LogP contribution in [-0.4, -0.2) is 60.4 Å². The Hall–Kier alpha value is -1.56. The van der Waals surface area contributed by atoms with Gasteiger partial charge in [0.15, 0.2) is 0 Å². The molecule has 0 spiro atoms. The molecule has 2 aliphatic rings. The number of carbonyl (C=O) groups is 2. The van der Waals surface area contributed by atoms with Gasteiger partial charge in [0.25, 0.3) is 0 Å². The summed E-state index contributed by atoms with van der Waals surface area (Å²) in [6.45, 7) is 3.09. The van der Waals surface area contributed by atoms with Gasteiger partial charge in [0.05, 0.1) is 16.6 Å². The maximum absolute atomic E-state index is 12.3. The monoisotopic (exact) mass is 381 g/mol. The second-order valence-corrected chi connectivity index (χ2v) is 7.26. The zero-order chi connectivity index (χ0) is 17.8. The predicted molar refractivity (Wildman–Crippen MR) is 99.7 cm³/mol. The van der Waals surface area contributed by atoms with Crippen LogP contribution in [-0.2, 0) is 9.59 Å². The number of piperazine rings is 1. The molecule has 134 valence electrons. The summed E-state index contributed by atoms with van der Waals surface area (Å²) in [6.07, 6.45) is 5.48. The molecule has 0 radical (unpaired) electrons. The molecule has 1 saturated heterocycles. The predicted octanol–water partition coefficient (Wildman–Crippen LogP) is 2.43. The molecule has 1 aliphatic carbocycles. The van der Waals surface area contributed by atoms with Crippen molar-refractivity contribution in [2.45, 2.75) is 18.9 Å². The molecule has 2 amide bonds. The number of rotatable bonds is 5. The minimum absolute atomic E-state index is 0.0341. The number of nitrogens with one attached hydrogen (secondary N) is 1. The molecule has 0 bridgehead atoms. The minimum Gasteiger partial charge on any atom is -0.352 e. The highest BCUT2D eigenvalue weighted by Crippen LogP contribution is 2.23. The standard InChI is InChI=1S/C18H21Cl2N3O2/c19-15-5-1-13(11-16(15)20)2-6-18(25)23-9-7-22(8-10-23)12-17(24)21-14-3-4-14/h1-2,5-6,11,14H,3-4,7-10,12H2,(H,21,24)/b6-2+. The van der Waals surface area contributed by atoms with Crippen LogP contribution in [0.15, 0.2) is 24.3 Å². The summed E-state index contributed by atoms with van der Waals surface area (Å²) < 4.78 is 0. The van der Waals surface area contributed by atoms with Gasteiger partial charge in [-0.05, 0) is 36.6 Å². The summed E-state index contributed by atoms with van der Waals surface area (Å²) in [6, 6.07) is 5.64. The van der Waals surface area contributed by atoms with E-state index >= 15 is 0 Å². The molecule has 2 fully saturated rings. The van der Waals surface area contributed by atoms with E-state index < -0.39 is 0 Å². The van der Waals surface area contributed by atoms with Gasteiger partial charge in [-0.25, -0.2) is 0 Å². The van der Waals surface area contributed by atoms with E-state index in [1.54, 1.807) is 29.2 Å². The fourth-order valence-electron chi connectivity index (χ4n) is 2.72. The van der Waals surface area contributed by atoms with E-state index in [0.717, 1.165) is 18.4 Å². The molecule has 1 aromatic rings. The molecule has 25 heavy (non-hydrogen) atoms. The fraction of sp³-hybridized carbons (Fsp3) is 0.444. The van der Waals surface area contributed by atoms with Crippen molar-refractivity contribution in [1.29, 1.82) is 0 Å². The third-order valence-electron chi connectivity index (χ3n) is 4.36. The Kier molecular flexibility index (Phi) is 5.99. The summed E-state index contributed by atoms with van der Waals surface area (Å²) >= 11 is 11.9. The summed E-state index contributed by atoms with van der Waals surface area (Å²) in [5.41, 5.74) is 0.832. The molecule has 7 heteroatoms. The maximum Gasteiger partial charge on any atom is 0.246 e. The fourth-order valence-corrected chi connectivity index (χ4v) is 3.03. The van der Waals surface area contributed by atoms with Crippen LogP contribution in [0.5, 0.6) is 0 Å². The van der Waals surface area contributed by atoms with Crippen LogP contribution in [0.4, 0.5) is 0 Å². The van der Waals surface area contributed by atoms with Crippen molar-refractivity contribution in [2.24, 2.45) is 0 Å². The van der Waals surface area contributed by atoms with Gasteiger partial charge in [0.1, 0.15) is 0 Å². The number of carbonyl (C=O) groups excluding carboxylic acids is 2. The Bertz CT molecular complexity index is 681. The van der Waals surface area contributed by atoms with E-state index in [1.807, 2.05) is 6.07 Å². The minimum atomic E-state index is -0.0341. The molecular formula is C18H21Cl2N3O2. The van der Waals surface area contributed by atoms with Gasteiger partial charge in [0, 0.05) is 38.3 Å². The summed E-state index contributed by atoms with van der Waals surface area (Å²) in [5, 5.41) is 3.95. The van der Waals surface area contributed by atoms with Crippen LogP contribution in [0, 0.1) is 0 Å². The normalized spacial score (nSPS) is 18.6. The molecule has 1 heterocycles. The molecule has 1 aromatic carbocycles. The number of amides is 2. The first-order valence-corrected chi connectivity index (χ1v) is 9.20. The average molecular weight is 382 g/mol. The van der Waals surface area contributed by atoms with Crippen molar-refractivity contribution >= 4 is 41.1 Å². The van der Waals surface area contributed by atoms with Crippen molar-refractivity contribution in [2.75, 3.05) is 32.7 Å². The Morgan fingerprint density at radius 1 is 1.12 bits per heavy atom. The first-order valence-electron chi connectivity index (χ1n) is 8.45. The van der Waals surface area contributed by atoms with Crippen LogP contribution in [0.1, 0.15) is 18.4 Å². The summed E-state index contributed by atoms with van der Waals surface area (Å²) in [4.78, 5) is 28.0. The molecule has 0 atom stereocenters. The highest BCUT2D eigenvalue weighted by Gasteiger charge is 2.25. The smallest absolute Gasteiger partial charge is 0.246 e. The van der Waals surface area contributed by atoms with Gasteiger partial charge in [0.2, 0.25) is 11.8 Å².